The lowest BCUT2D eigenvalue weighted by atomic mass is 10.2. The highest BCUT2D eigenvalue weighted by Gasteiger charge is 2.16. The molecule has 0 fully saturated rings. The molecule has 0 aliphatic heterocycles. The normalized spacial score (nSPS) is 10.8. The zero-order chi connectivity index (χ0) is 13.9. The summed E-state index contributed by atoms with van der Waals surface area (Å²) in [5, 5.41) is 4.77. The van der Waals surface area contributed by atoms with E-state index >= 15 is 0 Å². The topological polar surface area (TPSA) is 78.4 Å². The number of aromatic nitrogens is 2. The molecule has 0 amide bonds. The van der Waals surface area contributed by atoms with Gasteiger partial charge in [0.05, 0.1) is 12.2 Å². The molecule has 0 N–H and O–H groups in total. The summed E-state index contributed by atoms with van der Waals surface area (Å²) < 4.78 is 15.3. The van der Waals surface area contributed by atoms with Gasteiger partial charge in [-0.05, 0) is 13.0 Å². The molecular weight excluding hydrogens is 260 g/mol. The SMILES string of the molecule is CCOC(=O)Cc1nc(-c2coc3ccccc23)no1. The maximum Gasteiger partial charge on any atom is 0.315 e. The summed E-state index contributed by atoms with van der Waals surface area (Å²) in [7, 11) is 0. The molecule has 3 rings (SSSR count). The van der Waals surface area contributed by atoms with Crippen LogP contribution in [-0.4, -0.2) is 22.7 Å². The Morgan fingerprint density at radius 1 is 1.35 bits per heavy atom. The fourth-order valence-corrected chi connectivity index (χ4v) is 1.92. The van der Waals surface area contributed by atoms with Crippen molar-refractivity contribution in [3.8, 4) is 11.4 Å². The van der Waals surface area contributed by atoms with Crippen LogP contribution in [0.25, 0.3) is 22.4 Å². The Kier molecular flexibility index (Phi) is 3.20. The molecule has 0 saturated carbocycles. The third kappa shape index (κ3) is 2.27. The first-order valence-corrected chi connectivity index (χ1v) is 6.22. The Labute approximate surface area is 114 Å². The lowest BCUT2D eigenvalue weighted by Gasteiger charge is -1.96. The van der Waals surface area contributed by atoms with Gasteiger partial charge < -0.3 is 13.7 Å². The fourth-order valence-electron chi connectivity index (χ4n) is 1.92. The van der Waals surface area contributed by atoms with Crippen molar-refractivity contribution >= 4 is 16.9 Å². The van der Waals surface area contributed by atoms with Gasteiger partial charge in [-0.3, -0.25) is 4.79 Å². The zero-order valence-corrected chi connectivity index (χ0v) is 10.8. The molecule has 0 atom stereocenters. The van der Waals surface area contributed by atoms with Gasteiger partial charge in [-0.1, -0.05) is 23.4 Å². The summed E-state index contributed by atoms with van der Waals surface area (Å²) in [6.07, 6.45) is 1.54. The van der Waals surface area contributed by atoms with E-state index in [9.17, 15) is 4.79 Å². The molecule has 20 heavy (non-hydrogen) atoms. The number of para-hydroxylation sites is 1. The molecule has 0 saturated heterocycles. The van der Waals surface area contributed by atoms with Crippen LogP contribution >= 0.6 is 0 Å². The molecule has 2 aromatic heterocycles. The molecule has 3 aromatic rings. The number of ether oxygens (including phenoxy) is 1. The molecule has 0 aliphatic carbocycles. The standard InChI is InChI=1S/C14H12N2O4/c1-2-18-13(17)7-12-15-14(16-20-12)10-8-19-11-6-4-3-5-9(10)11/h3-6,8H,2,7H2,1H3. The maximum atomic E-state index is 11.4. The molecule has 6 heteroatoms. The monoisotopic (exact) mass is 272 g/mol. The van der Waals surface area contributed by atoms with Crippen molar-refractivity contribution in [3.05, 3.63) is 36.4 Å². The van der Waals surface area contributed by atoms with Crippen LogP contribution in [0.3, 0.4) is 0 Å². The van der Waals surface area contributed by atoms with Crippen molar-refractivity contribution in [2.75, 3.05) is 6.61 Å². The first-order chi connectivity index (χ1) is 9.78. The predicted molar refractivity (Wildman–Crippen MR) is 69.8 cm³/mol. The number of carbonyl (C=O) groups is 1. The van der Waals surface area contributed by atoms with Crippen LogP contribution in [0.5, 0.6) is 0 Å². The van der Waals surface area contributed by atoms with E-state index in [1.54, 1.807) is 13.2 Å². The number of benzene rings is 1. The van der Waals surface area contributed by atoms with Gasteiger partial charge in [0.15, 0.2) is 0 Å². The minimum absolute atomic E-state index is 0.0311. The third-order valence-corrected chi connectivity index (χ3v) is 2.79. The molecule has 0 unspecified atom stereocenters. The highest BCUT2D eigenvalue weighted by atomic mass is 16.5. The quantitative estimate of drug-likeness (QED) is 0.679. The van der Waals surface area contributed by atoms with Gasteiger partial charge in [-0.15, -0.1) is 0 Å². The van der Waals surface area contributed by atoms with Crippen LogP contribution in [0, 0.1) is 0 Å². The largest absolute Gasteiger partial charge is 0.466 e. The summed E-state index contributed by atoms with van der Waals surface area (Å²) in [5.74, 6) is 0.234. The van der Waals surface area contributed by atoms with Crippen molar-refractivity contribution in [2.24, 2.45) is 0 Å². The van der Waals surface area contributed by atoms with Gasteiger partial charge >= 0.3 is 5.97 Å². The lowest BCUT2D eigenvalue weighted by Crippen LogP contribution is -2.07. The summed E-state index contributed by atoms with van der Waals surface area (Å²) in [6.45, 7) is 2.07. The average Bonchev–Trinajstić information content (AvgIpc) is 3.05. The van der Waals surface area contributed by atoms with Crippen molar-refractivity contribution in [2.45, 2.75) is 13.3 Å². The summed E-state index contributed by atoms with van der Waals surface area (Å²) in [6, 6.07) is 7.56. The van der Waals surface area contributed by atoms with Crippen molar-refractivity contribution in [3.63, 3.8) is 0 Å². The van der Waals surface area contributed by atoms with Gasteiger partial charge in [0.25, 0.3) is 0 Å². The number of furan rings is 1. The number of carbonyl (C=O) groups excluding carboxylic acids is 1. The number of fused-ring (bicyclic) bond motifs is 1. The Bertz CT molecular complexity index is 744. The van der Waals surface area contributed by atoms with Gasteiger partial charge in [0.1, 0.15) is 18.3 Å². The molecule has 102 valence electrons. The van der Waals surface area contributed by atoms with E-state index in [4.69, 9.17) is 13.7 Å². The smallest absolute Gasteiger partial charge is 0.315 e. The highest BCUT2D eigenvalue weighted by molar-refractivity contribution is 5.91. The molecular formula is C14H12N2O4. The van der Waals surface area contributed by atoms with E-state index in [1.807, 2.05) is 24.3 Å². The van der Waals surface area contributed by atoms with Crippen molar-refractivity contribution in [1.29, 1.82) is 0 Å². The molecule has 2 heterocycles. The first kappa shape index (κ1) is 12.4. The van der Waals surface area contributed by atoms with Gasteiger partial charge in [-0.2, -0.15) is 4.98 Å². The number of hydrogen-bond acceptors (Lipinski definition) is 6. The summed E-state index contributed by atoms with van der Waals surface area (Å²) >= 11 is 0. The Balaban J connectivity index is 1.88. The maximum absolute atomic E-state index is 11.4. The Morgan fingerprint density at radius 2 is 2.20 bits per heavy atom. The number of hydrogen-bond donors (Lipinski definition) is 0. The van der Waals surface area contributed by atoms with Gasteiger partial charge in [0.2, 0.25) is 11.7 Å². The van der Waals surface area contributed by atoms with Gasteiger partial charge in [0, 0.05) is 5.39 Å². The molecule has 1 aromatic carbocycles. The van der Waals surface area contributed by atoms with Crippen molar-refractivity contribution in [1.82, 2.24) is 10.1 Å². The zero-order valence-electron chi connectivity index (χ0n) is 10.8. The second kappa shape index (κ2) is 5.16. The molecule has 0 spiro atoms. The number of esters is 1. The number of rotatable bonds is 4. The van der Waals surface area contributed by atoms with Crippen LogP contribution in [0.1, 0.15) is 12.8 Å². The minimum Gasteiger partial charge on any atom is -0.466 e. The minimum atomic E-state index is -0.389. The Hall–Kier alpha value is -2.63. The third-order valence-electron chi connectivity index (χ3n) is 2.79. The van der Waals surface area contributed by atoms with Crippen molar-refractivity contribution < 1.29 is 18.5 Å². The van der Waals surface area contributed by atoms with Crippen LogP contribution < -0.4 is 0 Å². The van der Waals surface area contributed by atoms with E-state index in [0.717, 1.165) is 16.5 Å². The van der Waals surface area contributed by atoms with Crippen LogP contribution in [0.2, 0.25) is 0 Å². The van der Waals surface area contributed by atoms with Gasteiger partial charge in [-0.25, -0.2) is 0 Å². The second-order valence-corrected chi connectivity index (χ2v) is 4.14. The fraction of sp³-hybridized carbons (Fsp3) is 0.214. The van der Waals surface area contributed by atoms with E-state index < -0.39 is 0 Å². The van der Waals surface area contributed by atoms with E-state index in [1.165, 1.54) is 0 Å². The first-order valence-electron chi connectivity index (χ1n) is 6.22. The number of nitrogens with zero attached hydrogens (tertiary/aromatic N) is 2. The lowest BCUT2D eigenvalue weighted by molar-refractivity contribution is -0.142. The second-order valence-electron chi connectivity index (χ2n) is 4.14. The summed E-state index contributed by atoms with van der Waals surface area (Å²) in [4.78, 5) is 15.5. The summed E-state index contributed by atoms with van der Waals surface area (Å²) in [5.41, 5.74) is 1.48. The Morgan fingerprint density at radius 3 is 3.05 bits per heavy atom. The molecule has 0 radical (unpaired) electrons. The van der Waals surface area contributed by atoms with Crippen LogP contribution in [-0.2, 0) is 16.0 Å². The molecule has 0 bridgehead atoms. The predicted octanol–water partition coefficient (Wildman–Crippen LogP) is 2.59. The molecule has 6 nitrogen and oxygen atoms in total. The van der Waals surface area contributed by atoms with E-state index in [0.29, 0.717) is 12.4 Å². The van der Waals surface area contributed by atoms with Crippen LogP contribution in [0.4, 0.5) is 0 Å². The van der Waals surface area contributed by atoms with Crippen LogP contribution in [0.15, 0.2) is 39.5 Å². The average molecular weight is 272 g/mol. The molecule has 0 aliphatic rings. The highest BCUT2D eigenvalue weighted by Crippen LogP contribution is 2.28. The van der Waals surface area contributed by atoms with E-state index in [-0.39, 0.29) is 18.3 Å². The van der Waals surface area contributed by atoms with E-state index in [2.05, 4.69) is 10.1 Å².